The molecule has 0 radical (unpaired) electrons. The van der Waals surface area contributed by atoms with Gasteiger partial charge < -0.3 is 45.1 Å². The first-order chi connectivity index (χ1) is 21.3. The van der Waals surface area contributed by atoms with Crippen molar-refractivity contribution in [2.75, 3.05) is 39.3 Å². The first-order valence-electron chi connectivity index (χ1n) is 14.8. The molecule has 4 fully saturated rings. The van der Waals surface area contributed by atoms with E-state index < -0.39 is 48.3 Å². The van der Waals surface area contributed by atoms with Crippen LogP contribution in [0, 0.1) is 0 Å². The maximum atomic E-state index is 14.0. The number of aliphatic hydroxyl groups excluding tert-OH is 2. The summed E-state index contributed by atoms with van der Waals surface area (Å²) in [6.07, 6.45) is -1.23. The number of imidazole rings is 1. The Labute approximate surface area is 253 Å². The molecule has 1 aromatic carbocycles. The maximum Gasteiger partial charge on any atom is 0.261 e. The van der Waals surface area contributed by atoms with E-state index in [4.69, 9.17) is 9.47 Å². The number of carbonyl (C=O) groups excluding carboxylic acids is 4. The number of benzene rings is 1. The van der Waals surface area contributed by atoms with E-state index in [1.165, 1.54) is 4.90 Å². The Morgan fingerprint density at radius 2 is 1.84 bits per heavy atom. The second-order valence-electron chi connectivity index (χ2n) is 11.7. The maximum absolute atomic E-state index is 14.0. The average Bonchev–Trinajstić information content (AvgIpc) is 3.75. The summed E-state index contributed by atoms with van der Waals surface area (Å²) in [4.78, 5) is 66.0. The fraction of sp³-hybridized carbons (Fsp3) is 0.552. The number of rotatable bonds is 5. The highest BCUT2D eigenvalue weighted by atomic mass is 16.5. The average molecular weight is 612 g/mol. The summed E-state index contributed by atoms with van der Waals surface area (Å²) < 4.78 is 11.5. The number of H-pyrrole nitrogens is 1. The van der Waals surface area contributed by atoms with Gasteiger partial charge >= 0.3 is 0 Å². The monoisotopic (exact) mass is 611 g/mol. The molecule has 2 aromatic rings. The molecule has 0 spiro atoms. The van der Waals surface area contributed by atoms with Gasteiger partial charge in [-0.2, -0.15) is 0 Å². The quantitative estimate of drug-likeness (QED) is 0.244. The molecule has 4 aliphatic heterocycles. The molecule has 44 heavy (non-hydrogen) atoms. The number of likely N-dealkylation sites (tertiary alicyclic amines) is 1. The SMILES string of the molecule is O=C1C[C@@H]2O[C@H](CNC(=O)[C@@H]3CN(CCN3C(=O)COc3ccccc3)C(=O)[C@@H]3C[C@@H](CN3Cc3cnc[nH]3)N1)[C@@H](O)[C@H]2O. The zero-order valence-electron chi connectivity index (χ0n) is 24.1. The number of aromatic nitrogens is 2. The number of carbonyl (C=O) groups is 4. The van der Waals surface area contributed by atoms with Crippen molar-refractivity contribution in [1.29, 1.82) is 0 Å². The lowest BCUT2D eigenvalue weighted by Crippen LogP contribution is -2.64. The lowest BCUT2D eigenvalue weighted by Gasteiger charge is -2.42. The van der Waals surface area contributed by atoms with Crippen LogP contribution in [0.15, 0.2) is 42.9 Å². The van der Waals surface area contributed by atoms with Gasteiger partial charge in [-0.3, -0.25) is 24.1 Å². The van der Waals surface area contributed by atoms with Gasteiger partial charge in [-0.15, -0.1) is 0 Å². The van der Waals surface area contributed by atoms with Crippen molar-refractivity contribution < 1.29 is 38.9 Å². The fourth-order valence-electron chi connectivity index (χ4n) is 6.44. The summed E-state index contributed by atoms with van der Waals surface area (Å²) >= 11 is 0. The van der Waals surface area contributed by atoms with E-state index in [0.29, 0.717) is 25.3 Å². The van der Waals surface area contributed by atoms with Gasteiger partial charge in [0.25, 0.3) is 5.91 Å². The number of para-hydroxylation sites is 1. The van der Waals surface area contributed by atoms with Crippen LogP contribution < -0.4 is 15.4 Å². The molecule has 7 atom stereocenters. The molecule has 5 heterocycles. The highest BCUT2D eigenvalue weighted by Gasteiger charge is 2.47. The van der Waals surface area contributed by atoms with Gasteiger partial charge in [0.05, 0.1) is 31.4 Å². The van der Waals surface area contributed by atoms with Gasteiger partial charge in [0, 0.05) is 50.7 Å². The number of hydrogen-bond donors (Lipinski definition) is 5. The molecule has 4 saturated heterocycles. The second-order valence-corrected chi connectivity index (χ2v) is 11.7. The summed E-state index contributed by atoms with van der Waals surface area (Å²) in [7, 11) is 0. The highest BCUT2D eigenvalue weighted by Crippen LogP contribution is 2.27. The van der Waals surface area contributed by atoms with Crippen molar-refractivity contribution >= 4 is 23.6 Å². The predicted octanol–water partition coefficient (Wildman–Crippen LogP) is -2.40. The van der Waals surface area contributed by atoms with Crippen LogP contribution in [0.25, 0.3) is 0 Å². The first-order valence-corrected chi connectivity index (χ1v) is 14.8. The summed E-state index contributed by atoms with van der Waals surface area (Å²) in [5.74, 6) is -1.01. The Bertz CT molecular complexity index is 1340. The molecule has 4 amide bonds. The molecular weight excluding hydrogens is 574 g/mol. The number of nitrogens with one attached hydrogen (secondary N) is 3. The second kappa shape index (κ2) is 12.9. The van der Waals surface area contributed by atoms with Crippen molar-refractivity contribution in [2.45, 2.75) is 61.9 Å². The van der Waals surface area contributed by atoms with Gasteiger partial charge in [0.1, 0.15) is 30.1 Å². The van der Waals surface area contributed by atoms with E-state index in [2.05, 4.69) is 20.6 Å². The molecule has 6 bridgehead atoms. The lowest BCUT2D eigenvalue weighted by molar-refractivity contribution is -0.151. The van der Waals surface area contributed by atoms with Crippen molar-refractivity contribution in [1.82, 2.24) is 35.3 Å². The zero-order valence-corrected chi connectivity index (χ0v) is 24.1. The van der Waals surface area contributed by atoms with E-state index >= 15 is 0 Å². The van der Waals surface area contributed by atoms with Crippen LogP contribution in [-0.4, -0.2) is 140 Å². The van der Waals surface area contributed by atoms with Crippen LogP contribution in [0.2, 0.25) is 0 Å². The first kappa shape index (κ1) is 30.0. The third-order valence-electron chi connectivity index (χ3n) is 8.73. The van der Waals surface area contributed by atoms with Gasteiger partial charge in [-0.25, -0.2) is 4.98 Å². The molecule has 5 N–H and O–H groups in total. The van der Waals surface area contributed by atoms with Crippen molar-refractivity contribution in [3.05, 3.63) is 48.5 Å². The minimum absolute atomic E-state index is 0.0491. The van der Waals surface area contributed by atoms with Crippen LogP contribution >= 0.6 is 0 Å². The molecule has 0 saturated carbocycles. The molecule has 15 heteroatoms. The van der Waals surface area contributed by atoms with E-state index in [9.17, 15) is 29.4 Å². The molecule has 0 unspecified atom stereocenters. The topological polar surface area (TPSA) is 190 Å². The van der Waals surface area contributed by atoms with Gasteiger partial charge in [0.15, 0.2) is 6.61 Å². The fourth-order valence-corrected chi connectivity index (χ4v) is 6.44. The minimum atomic E-state index is -1.33. The lowest BCUT2D eigenvalue weighted by atomic mass is 10.0. The van der Waals surface area contributed by atoms with E-state index in [0.717, 1.165) is 5.69 Å². The van der Waals surface area contributed by atoms with E-state index in [1.807, 2.05) is 11.0 Å². The van der Waals surface area contributed by atoms with Crippen LogP contribution in [0.1, 0.15) is 18.5 Å². The number of fused-ring (bicyclic) bond motifs is 6. The number of aromatic amines is 1. The molecule has 6 rings (SSSR count). The normalized spacial score (nSPS) is 31.5. The van der Waals surface area contributed by atoms with Crippen molar-refractivity contribution in [3.63, 3.8) is 0 Å². The molecule has 0 aliphatic carbocycles. The Morgan fingerprint density at radius 1 is 1.05 bits per heavy atom. The summed E-state index contributed by atoms with van der Waals surface area (Å²) in [6.45, 7) is 0.598. The third-order valence-corrected chi connectivity index (χ3v) is 8.73. The third kappa shape index (κ3) is 6.40. The molecule has 4 aliphatic rings. The predicted molar refractivity (Wildman–Crippen MR) is 152 cm³/mol. The molecule has 236 valence electrons. The highest BCUT2D eigenvalue weighted by molar-refractivity contribution is 5.90. The van der Waals surface area contributed by atoms with Crippen molar-refractivity contribution in [3.8, 4) is 5.75 Å². The summed E-state index contributed by atoms with van der Waals surface area (Å²) in [5, 5.41) is 26.9. The number of hydrogen-bond acceptors (Lipinski definition) is 10. The zero-order chi connectivity index (χ0) is 30.8. The minimum Gasteiger partial charge on any atom is -0.484 e. The van der Waals surface area contributed by atoms with E-state index in [1.54, 1.807) is 41.7 Å². The van der Waals surface area contributed by atoms with Crippen LogP contribution in [0.3, 0.4) is 0 Å². The van der Waals surface area contributed by atoms with Gasteiger partial charge in [0.2, 0.25) is 17.7 Å². The Hall–Kier alpha value is -4.05. The number of nitrogens with zero attached hydrogens (tertiary/aromatic N) is 4. The number of piperazine rings is 1. The van der Waals surface area contributed by atoms with E-state index in [-0.39, 0.29) is 57.1 Å². The number of ether oxygens (including phenoxy) is 2. The van der Waals surface area contributed by atoms with Crippen LogP contribution in [0.5, 0.6) is 5.75 Å². The van der Waals surface area contributed by atoms with Crippen LogP contribution in [-0.2, 0) is 30.5 Å². The largest absolute Gasteiger partial charge is 0.484 e. The Kier molecular flexibility index (Phi) is 8.79. The standard InChI is InChI=1S/C29H37N7O8/c37-24-9-22-26(39)27(40)23(44-22)11-31-28(41)21-14-34(6-7-36(21)25(38)15-43-19-4-2-1-3-5-19)29(42)20-8-17(33-24)12-35(20)13-18-10-30-16-32-18/h1-5,10,16-17,20-23,26-27,39-40H,6-9,11-15H2,(H,30,32)(H,31,41)(H,33,37)/t17-,20-,21-,22-,23+,26-,27+/m0/s1. The molecule has 15 nitrogen and oxygen atoms in total. The van der Waals surface area contributed by atoms with Gasteiger partial charge in [-0.05, 0) is 18.6 Å². The summed E-state index contributed by atoms with van der Waals surface area (Å²) in [6, 6.07) is 6.88. The van der Waals surface area contributed by atoms with Crippen LogP contribution in [0.4, 0.5) is 0 Å². The summed E-state index contributed by atoms with van der Waals surface area (Å²) in [5.41, 5.74) is 0.800. The molecular formula is C29H37N7O8. The van der Waals surface area contributed by atoms with Crippen molar-refractivity contribution in [2.24, 2.45) is 0 Å². The number of aliphatic hydroxyl groups is 2. The molecule has 1 aromatic heterocycles. The Morgan fingerprint density at radius 3 is 2.61 bits per heavy atom. The number of amides is 4. The Balaban J connectivity index is 1.25. The smallest absolute Gasteiger partial charge is 0.261 e. The van der Waals surface area contributed by atoms with Gasteiger partial charge in [-0.1, -0.05) is 18.2 Å².